The molecule has 0 saturated heterocycles. The van der Waals surface area contributed by atoms with Crippen LogP contribution in [0.4, 0.5) is 0 Å². The average molecular weight is 240 g/mol. The summed E-state index contributed by atoms with van der Waals surface area (Å²) < 4.78 is 1.74. The van der Waals surface area contributed by atoms with E-state index in [1.165, 1.54) is 11.8 Å². The van der Waals surface area contributed by atoms with Gasteiger partial charge < -0.3 is 15.6 Å². The number of thioether (sulfide) groups is 1. The average Bonchev–Trinajstić information content (AvgIpc) is 2.64. The number of carbonyl (C=O) groups is 1. The Morgan fingerprint density at radius 3 is 3.00 bits per heavy atom. The van der Waals surface area contributed by atoms with E-state index in [0.29, 0.717) is 17.5 Å². The maximum absolute atomic E-state index is 11.2. The Morgan fingerprint density at radius 1 is 1.69 bits per heavy atom. The number of carbonyl (C=O) groups excluding carboxylic acids is 1. The van der Waals surface area contributed by atoms with Crippen LogP contribution in [0.5, 0.6) is 0 Å². The first-order valence-electron chi connectivity index (χ1n) is 4.53. The Labute approximate surface area is 97.0 Å². The number of hydrogen-bond acceptors (Lipinski definition) is 6. The molecule has 3 N–H and O–H groups in total. The van der Waals surface area contributed by atoms with Gasteiger partial charge in [-0.3, -0.25) is 4.79 Å². The van der Waals surface area contributed by atoms with Gasteiger partial charge in [-0.25, -0.2) is 0 Å². The molecule has 0 spiro atoms. The molecule has 1 aromatic rings. The summed E-state index contributed by atoms with van der Waals surface area (Å²) in [5.41, 5.74) is 5.44. The van der Waals surface area contributed by atoms with E-state index >= 15 is 0 Å². The van der Waals surface area contributed by atoms with E-state index in [4.69, 9.17) is 11.0 Å². The van der Waals surface area contributed by atoms with Gasteiger partial charge in [-0.15, -0.1) is 10.2 Å². The highest BCUT2D eigenvalue weighted by atomic mass is 32.2. The molecule has 86 valence electrons. The molecule has 1 rings (SSSR count). The Kier molecular flexibility index (Phi) is 4.75. The van der Waals surface area contributed by atoms with Crippen molar-refractivity contribution in [1.29, 1.82) is 5.26 Å². The molecule has 8 heteroatoms. The lowest BCUT2D eigenvalue weighted by Gasteiger charge is -2.02. The van der Waals surface area contributed by atoms with Crippen LogP contribution < -0.4 is 11.1 Å². The number of nitriles is 1. The lowest BCUT2D eigenvalue weighted by molar-refractivity contribution is -0.118. The Hall–Kier alpha value is -1.59. The van der Waals surface area contributed by atoms with E-state index in [1.54, 1.807) is 11.6 Å². The fourth-order valence-corrected chi connectivity index (χ4v) is 1.73. The van der Waals surface area contributed by atoms with Crippen molar-refractivity contribution in [2.75, 3.05) is 12.3 Å². The normalized spacial score (nSPS) is 9.81. The van der Waals surface area contributed by atoms with E-state index in [9.17, 15) is 4.79 Å². The van der Waals surface area contributed by atoms with Gasteiger partial charge in [0, 0.05) is 7.05 Å². The van der Waals surface area contributed by atoms with Crippen LogP contribution in [0.1, 0.15) is 5.82 Å². The molecule has 0 fully saturated rings. The Bertz CT molecular complexity index is 409. The summed E-state index contributed by atoms with van der Waals surface area (Å²) in [6, 6.07) is 1.83. The lowest BCUT2D eigenvalue weighted by atomic mass is 10.6. The topological polar surface area (TPSA) is 110 Å². The molecule has 0 radical (unpaired) electrons. The summed E-state index contributed by atoms with van der Waals surface area (Å²) in [6.45, 7) is 0.330. The fraction of sp³-hybridized carbons (Fsp3) is 0.500. The summed E-state index contributed by atoms with van der Waals surface area (Å²) >= 11 is 1.25. The smallest absolute Gasteiger partial charge is 0.231 e. The lowest BCUT2D eigenvalue weighted by Crippen LogP contribution is -2.25. The molecule has 0 aliphatic rings. The summed E-state index contributed by atoms with van der Waals surface area (Å²) in [7, 11) is 1.79. The van der Waals surface area contributed by atoms with Crippen LogP contribution in [0.2, 0.25) is 0 Å². The summed E-state index contributed by atoms with van der Waals surface area (Å²) in [6.07, 6.45) is 0. The quantitative estimate of drug-likeness (QED) is 0.505. The van der Waals surface area contributed by atoms with Crippen LogP contribution in [0.3, 0.4) is 0 Å². The molecule has 1 aromatic heterocycles. The summed E-state index contributed by atoms with van der Waals surface area (Å²) in [5.74, 6) is 0.668. The molecule has 1 amide bonds. The molecule has 0 bridgehead atoms. The molecular formula is C8H12N6OS. The summed E-state index contributed by atoms with van der Waals surface area (Å²) in [5, 5.41) is 19.1. The molecule has 0 saturated carbocycles. The van der Waals surface area contributed by atoms with Crippen LogP contribution in [0.25, 0.3) is 0 Å². The van der Waals surface area contributed by atoms with Gasteiger partial charge in [-0.05, 0) is 0 Å². The number of aromatic nitrogens is 3. The van der Waals surface area contributed by atoms with Crippen molar-refractivity contribution >= 4 is 17.7 Å². The van der Waals surface area contributed by atoms with Crippen molar-refractivity contribution in [1.82, 2.24) is 20.1 Å². The fourth-order valence-electron chi connectivity index (χ4n) is 0.968. The predicted molar refractivity (Wildman–Crippen MR) is 58.2 cm³/mol. The van der Waals surface area contributed by atoms with Crippen LogP contribution in [-0.4, -0.2) is 33.0 Å². The van der Waals surface area contributed by atoms with Crippen LogP contribution in [0.15, 0.2) is 5.16 Å². The van der Waals surface area contributed by atoms with Crippen LogP contribution in [0, 0.1) is 11.3 Å². The highest BCUT2D eigenvalue weighted by Crippen LogP contribution is 2.14. The van der Waals surface area contributed by atoms with E-state index < -0.39 is 0 Å². The molecule has 7 nitrogen and oxygen atoms in total. The van der Waals surface area contributed by atoms with E-state index in [-0.39, 0.29) is 18.2 Å². The van der Waals surface area contributed by atoms with Crippen LogP contribution >= 0.6 is 11.8 Å². The minimum Gasteiger partial charge on any atom is -0.342 e. The molecule has 1 heterocycles. The Balaban J connectivity index is 2.46. The van der Waals surface area contributed by atoms with Gasteiger partial charge in [0.15, 0.2) is 5.16 Å². The number of nitrogens with one attached hydrogen (secondary N) is 1. The third kappa shape index (κ3) is 3.22. The second-order valence-corrected chi connectivity index (χ2v) is 3.83. The SMILES string of the molecule is Cn1c(CN)nnc1SCC(=O)NCC#N. The van der Waals surface area contributed by atoms with Crippen molar-refractivity contribution in [2.45, 2.75) is 11.7 Å². The zero-order valence-corrected chi connectivity index (χ0v) is 9.62. The first kappa shape index (κ1) is 12.5. The molecule has 0 aromatic carbocycles. The van der Waals surface area contributed by atoms with Gasteiger partial charge in [0.1, 0.15) is 12.4 Å². The monoisotopic (exact) mass is 240 g/mol. The van der Waals surface area contributed by atoms with Crippen LogP contribution in [-0.2, 0) is 18.4 Å². The maximum Gasteiger partial charge on any atom is 0.231 e. The third-order valence-corrected chi connectivity index (χ3v) is 2.82. The number of rotatable bonds is 5. The van der Waals surface area contributed by atoms with Crippen molar-refractivity contribution in [3.8, 4) is 6.07 Å². The first-order chi connectivity index (χ1) is 7.69. The first-order valence-corrected chi connectivity index (χ1v) is 5.52. The van der Waals surface area contributed by atoms with Gasteiger partial charge in [0.25, 0.3) is 0 Å². The molecule has 0 aliphatic carbocycles. The minimum absolute atomic E-state index is 0.0201. The highest BCUT2D eigenvalue weighted by molar-refractivity contribution is 7.99. The highest BCUT2D eigenvalue weighted by Gasteiger charge is 2.09. The number of nitrogens with two attached hydrogens (primary N) is 1. The molecule has 0 aliphatic heterocycles. The number of hydrogen-bond donors (Lipinski definition) is 2. The van der Waals surface area contributed by atoms with Crippen molar-refractivity contribution in [3.63, 3.8) is 0 Å². The largest absolute Gasteiger partial charge is 0.342 e. The van der Waals surface area contributed by atoms with Gasteiger partial charge in [0.05, 0.1) is 18.4 Å². The molecular weight excluding hydrogens is 228 g/mol. The van der Waals surface area contributed by atoms with Crippen molar-refractivity contribution in [2.24, 2.45) is 12.8 Å². The predicted octanol–water partition coefficient (Wildman–Crippen LogP) is -0.994. The van der Waals surface area contributed by atoms with Gasteiger partial charge in [0.2, 0.25) is 5.91 Å². The van der Waals surface area contributed by atoms with Gasteiger partial charge >= 0.3 is 0 Å². The van der Waals surface area contributed by atoms with Crippen molar-refractivity contribution in [3.05, 3.63) is 5.82 Å². The van der Waals surface area contributed by atoms with E-state index in [1.807, 2.05) is 6.07 Å². The summed E-state index contributed by atoms with van der Waals surface area (Å²) in [4.78, 5) is 11.2. The zero-order valence-electron chi connectivity index (χ0n) is 8.80. The number of amides is 1. The minimum atomic E-state index is -0.205. The third-order valence-electron chi connectivity index (χ3n) is 1.80. The van der Waals surface area contributed by atoms with Gasteiger partial charge in [-0.2, -0.15) is 5.26 Å². The standard InChI is InChI=1S/C8H12N6OS/c1-14-6(4-10)12-13-8(14)16-5-7(15)11-3-2-9/h3-5,10H2,1H3,(H,11,15). The van der Waals surface area contributed by atoms with E-state index in [0.717, 1.165) is 0 Å². The zero-order chi connectivity index (χ0) is 12.0. The number of nitrogens with zero attached hydrogens (tertiary/aromatic N) is 4. The molecule has 16 heavy (non-hydrogen) atoms. The maximum atomic E-state index is 11.2. The van der Waals surface area contributed by atoms with E-state index in [2.05, 4.69) is 15.5 Å². The van der Waals surface area contributed by atoms with Crippen molar-refractivity contribution < 1.29 is 4.79 Å². The van der Waals surface area contributed by atoms with Gasteiger partial charge in [-0.1, -0.05) is 11.8 Å². The second-order valence-electron chi connectivity index (χ2n) is 2.89. The molecule has 0 atom stereocenters. The Morgan fingerprint density at radius 2 is 2.44 bits per heavy atom. The molecule has 0 unspecified atom stereocenters. The second kappa shape index (κ2) is 6.09.